The number of rotatable bonds is 7. The standard InChI is InChI=1S/C22H22F3N3O3/c1-14-12-19(28(27-14)17-8-5-7-16(13-17)22(23,24)25)26-20(29)11-10-15-6-4-9-18(30-2)21(15)31-3/h4-9,12-13H,10-11H2,1-3H3,(H,26,29). The normalized spacial score (nSPS) is 11.3. The molecule has 9 heteroatoms. The second-order valence-corrected chi connectivity index (χ2v) is 6.83. The first-order chi connectivity index (χ1) is 14.7. The van der Waals surface area contributed by atoms with Gasteiger partial charge in [-0.25, -0.2) is 4.68 Å². The maximum absolute atomic E-state index is 13.1. The van der Waals surface area contributed by atoms with E-state index in [1.807, 2.05) is 6.07 Å². The Labute approximate surface area is 177 Å². The Morgan fingerprint density at radius 2 is 1.84 bits per heavy atom. The second-order valence-electron chi connectivity index (χ2n) is 6.83. The van der Waals surface area contributed by atoms with Gasteiger partial charge in [-0.15, -0.1) is 0 Å². The van der Waals surface area contributed by atoms with Gasteiger partial charge in [-0.3, -0.25) is 4.79 Å². The van der Waals surface area contributed by atoms with Crippen molar-refractivity contribution in [1.82, 2.24) is 9.78 Å². The number of nitrogens with zero attached hydrogens (tertiary/aromatic N) is 2. The summed E-state index contributed by atoms with van der Waals surface area (Å²) in [6.07, 6.45) is -3.95. The van der Waals surface area contributed by atoms with Gasteiger partial charge in [-0.2, -0.15) is 18.3 Å². The zero-order valence-electron chi connectivity index (χ0n) is 17.3. The fraction of sp³-hybridized carbons (Fsp3) is 0.273. The van der Waals surface area contributed by atoms with Gasteiger partial charge in [0.15, 0.2) is 11.5 Å². The van der Waals surface area contributed by atoms with Gasteiger partial charge in [0, 0.05) is 12.5 Å². The number of alkyl halides is 3. The summed E-state index contributed by atoms with van der Waals surface area (Å²) in [6, 6.07) is 11.8. The van der Waals surface area contributed by atoms with E-state index in [9.17, 15) is 18.0 Å². The molecular formula is C22H22F3N3O3. The number of ether oxygens (including phenoxy) is 2. The fourth-order valence-electron chi connectivity index (χ4n) is 3.20. The molecule has 0 aliphatic carbocycles. The summed E-state index contributed by atoms with van der Waals surface area (Å²) in [4.78, 5) is 12.6. The third kappa shape index (κ3) is 5.17. The number of amides is 1. The van der Waals surface area contributed by atoms with Gasteiger partial charge in [0.05, 0.1) is 31.2 Å². The summed E-state index contributed by atoms with van der Waals surface area (Å²) in [5, 5.41) is 6.96. The van der Waals surface area contributed by atoms with Crippen LogP contribution in [-0.4, -0.2) is 29.9 Å². The highest BCUT2D eigenvalue weighted by Crippen LogP contribution is 2.32. The highest BCUT2D eigenvalue weighted by molar-refractivity contribution is 5.90. The third-order valence-corrected chi connectivity index (χ3v) is 4.62. The largest absolute Gasteiger partial charge is 0.493 e. The van der Waals surface area contributed by atoms with Gasteiger partial charge in [-0.1, -0.05) is 18.2 Å². The molecule has 164 valence electrons. The summed E-state index contributed by atoms with van der Waals surface area (Å²) >= 11 is 0. The first-order valence-corrected chi connectivity index (χ1v) is 9.47. The molecule has 1 heterocycles. The number of para-hydroxylation sites is 1. The van der Waals surface area contributed by atoms with E-state index in [1.165, 1.54) is 31.0 Å². The lowest BCUT2D eigenvalue weighted by atomic mass is 10.1. The predicted molar refractivity (Wildman–Crippen MR) is 110 cm³/mol. The summed E-state index contributed by atoms with van der Waals surface area (Å²) in [5.41, 5.74) is 0.773. The molecule has 2 aromatic carbocycles. The highest BCUT2D eigenvalue weighted by atomic mass is 19.4. The van der Waals surface area contributed by atoms with Crippen molar-refractivity contribution in [1.29, 1.82) is 0 Å². The van der Waals surface area contributed by atoms with Crippen molar-refractivity contribution in [3.8, 4) is 17.2 Å². The highest BCUT2D eigenvalue weighted by Gasteiger charge is 2.30. The van der Waals surface area contributed by atoms with Gasteiger partial charge in [-0.05, 0) is 43.2 Å². The number of methoxy groups -OCH3 is 2. The monoisotopic (exact) mass is 433 g/mol. The summed E-state index contributed by atoms with van der Waals surface area (Å²) in [7, 11) is 3.06. The molecule has 0 aliphatic heterocycles. The van der Waals surface area contributed by atoms with E-state index < -0.39 is 11.7 Å². The number of anilines is 1. The minimum atomic E-state index is -4.47. The van der Waals surface area contributed by atoms with Crippen LogP contribution in [0.5, 0.6) is 11.5 Å². The zero-order valence-corrected chi connectivity index (χ0v) is 17.3. The van der Waals surface area contributed by atoms with Crippen LogP contribution in [0.4, 0.5) is 19.0 Å². The number of carbonyl (C=O) groups is 1. The molecule has 0 spiro atoms. The quantitative estimate of drug-likeness (QED) is 0.582. The molecule has 3 rings (SSSR count). The van der Waals surface area contributed by atoms with E-state index in [1.54, 1.807) is 25.1 Å². The van der Waals surface area contributed by atoms with Gasteiger partial charge in [0.25, 0.3) is 0 Å². The Hall–Kier alpha value is -3.49. The van der Waals surface area contributed by atoms with E-state index in [4.69, 9.17) is 9.47 Å². The van der Waals surface area contributed by atoms with Crippen LogP contribution in [0.15, 0.2) is 48.5 Å². The van der Waals surface area contributed by atoms with Crippen LogP contribution in [0.1, 0.15) is 23.2 Å². The minimum Gasteiger partial charge on any atom is -0.493 e. The molecule has 0 bridgehead atoms. The van der Waals surface area contributed by atoms with Gasteiger partial charge < -0.3 is 14.8 Å². The summed E-state index contributed by atoms with van der Waals surface area (Å²) in [6.45, 7) is 1.70. The summed E-state index contributed by atoms with van der Waals surface area (Å²) in [5.74, 6) is 1.11. The maximum atomic E-state index is 13.1. The first-order valence-electron chi connectivity index (χ1n) is 9.47. The Kier molecular flexibility index (Phi) is 6.53. The van der Waals surface area contributed by atoms with Gasteiger partial charge in [0.2, 0.25) is 5.91 Å². The lowest BCUT2D eigenvalue weighted by molar-refractivity contribution is -0.137. The van der Waals surface area contributed by atoms with Crippen LogP contribution in [-0.2, 0) is 17.4 Å². The molecule has 0 atom stereocenters. The van der Waals surface area contributed by atoms with Crippen LogP contribution in [0.3, 0.4) is 0 Å². The number of benzene rings is 2. The van der Waals surface area contributed by atoms with Crippen LogP contribution < -0.4 is 14.8 Å². The van der Waals surface area contributed by atoms with E-state index in [0.717, 1.165) is 17.7 Å². The van der Waals surface area contributed by atoms with Crippen molar-refractivity contribution >= 4 is 11.7 Å². The number of aromatic nitrogens is 2. The number of hydrogen-bond acceptors (Lipinski definition) is 4. The van der Waals surface area contributed by atoms with E-state index in [0.29, 0.717) is 29.4 Å². The molecule has 0 radical (unpaired) electrons. The number of aryl methyl sites for hydroxylation is 2. The minimum absolute atomic E-state index is 0.135. The molecule has 0 saturated heterocycles. The molecule has 0 aliphatic rings. The maximum Gasteiger partial charge on any atom is 0.416 e. The zero-order chi connectivity index (χ0) is 22.6. The average molecular weight is 433 g/mol. The topological polar surface area (TPSA) is 65.4 Å². The Balaban J connectivity index is 1.77. The van der Waals surface area contributed by atoms with Crippen LogP contribution in [0.2, 0.25) is 0 Å². The molecule has 0 unspecified atom stereocenters. The van der Waals surface area contributed by atoms with Crippen LogP contribution in [0, 0.1) is 6.92 Å². The SMILES string of the molecule is COc1cccc(CCC(=O)Nc2cc(C)nn2-c2cccc(C(F)(F)F)c2)c1OC. The first kappa shape index (κ1) is 22.2. The smallest absolute Gasteiger partial charge is 0.416 e. The Bertz CT molecular complexity index is 1080. The predicted octanol–water partition coefficient (Wildman–Crippen LogP) is 4.79. The third-order valence-electron chi connectivity index (χ3n) is 4.62. The molecular weight excluding hydrogens is 411 g/mol. The van der Waals surface area contributed by atoms with Gasteiger partial charge >= 0.3 is 6.18 Å². The number of halogens is 3. The van der Waals surface area contributed by atoms with Crippen LogP contribution in [0.25, 0.3) is 5.69 Å². The number of carbonyl (C=O) groups excluding carboxylic acids is 1. The molecule has 0 saturated carbocycles. The number of nitrogens with one attached hydrogen (secondary N) is 1. The van der Waals surface area contributed by atoms with Gasteiger partial charge in [0.1, 0.15) is 5.82 Å². The van der Waals surface area contributed by atoms with E-state index in [-0.39, 0.29) is 18.0 Å². The van der Waals surface area contributed by atoms with Crippen LogP contribution >= 0.6 is 0 Å². The molecule has 1 amide bonds. The van der Waals surface area contributed by atoms with Crippen molar-refractivity contribution < 1.29 is 27.4 Å². The van der Waals surface area contributed by atoms with E-state index in [2.05, 4.69) is 10.4 Å². The second kappa shape index (κ2) is 9.11. The van der Waals surface area contributed by atoms with Crippen molar-refractivity contribution in [3.63, 3.8) is 0 Å². The number of hydrogen-bond donors (Lipinski definition) is 1. The van der Waals surface area contributed by atoms with Crippen molar-refractivity contribution in [3.05, 3.63) is 65.4 Å². The molecule has 6 nitrogen and oxygen atoms in total. The Morgan fingerprint density at radius 3 is 2.52 bits per heavy atom. The summed E-state index contributed by atoms with van der Waals surface area (Å²) < 4.78 is 51.1. The lowest BCUT2D eigenvalue weighted by Gasteiger charge is -2.13. The van der Waals surface area contributed by atoms with Crippen molar-refractivity contribution in [2.24, 2.45) is 0 Å². The van der Waals surface area contributed by atoms with Crippen molar-refractivity contribution in [2.45, 2.75) is 25.9 Å². The molecule has 31 heavy (non-hydrogen) atoms. The van der Waals surface area contributed by atoms with E-state index >= 15 is 0 Å². The fourth-order valence-corrected chi connectivity index (χ4v) is 3.20. The molecule has 0 fully saturated rings. The van der Waals surface area contributed by atoms with Crippen molar-refractivity contribution in [2.75, 3.05) is 19.5 Å². The lowest BCUT2D eigenvalue weighted by Crippen LogP contribution is -2.16. The Morgan fingerprint density at radius 1 is 1.10 bits per heavy atom. The molecule has 1 aromatic heterocycles. The molecule has 3 aromatic rings. The molecule has 1 N–H and O–H groups in total. The average Bonchev–Trinajstić information content (AvgIpc) is 3.11.